The normalized spacial score (nSPS) is 22.2. The number of carbonyl (C=O) groups is 2. The SMILES string of the molecule is CCOC(=O)[C@H]1CCCN(C2=NC(=O)/C(=C\c3ccc(O)cc3)S2)C1. The molecule has 132 valence electrons. The van der Waals surface area contributed by atoms with E-state index in [0.717, 1.165) is 24.9 Å². The van der Waals surface area contributed by atoms with Crippen molar-refractivity contribution in [3.05, 3.63) is 34.7 Å². The van der Waals surface area contributed by atoms with Gasteiger partial charge in [0.25, 0.3) is 5.91 Å². The maximum atomic E-state index is 12.2. The molecule has 2 aliphatic rings. The molecule has 0 radical (unpaired) electrons. The van der Waals surface area contributed by atoms with E-state index in [0.29, 0.717) is 23.2 Å². The third kappa shape index (κ3) is 4.22. The fourth-order valence-electron chi connectivity index (χ4n) is 2.86. The van der Waals surface area contributed by atoms with Crippen molar-refractivity contribution >= 4 is 34.9 Å². The predicted molar refractivity (Wildman–Crippen MR) is 97.0 cm³/mol. The van der Waals surface area contributed by atoms with Gasteiger partial charge in [-0.2, -0.15) is 4.99 Å². The lowest BCUT2D eigenvalue weighted by molar-refractivity contribution is -0.149. The van der Waals surface area contributed by atoms with Crippen LogP contribution in [0.3, 0.4) is 0 Å². The molecule has 3 rings (SSSR count). The van der Waals surface area contributed by atoms with Crippen molar-refractivity contribution in [2.75, 3.05) is 19.7 Å². The Morgan fingerprint density at radius 1 is 1.44 bits per heavy atom. The summed E-state index contributed by atoms with van der Waals surface area (Å²) in [6, 6.07) is 6.64. The summed E-state index contributed by atoms with van der Waals surface area (Å²) in [7, 11) is 0. The molecule has 0 bridgehead atoms. The van der Waals surface area contributed by atoms with Gasteiger partial charge in [0.15, 0.2) is 5.17 Å². The number of rotatable bonds is 3. The molecule has 1 amide bonds. The van der Waals surface area contributed by atoms with E-state index in [1.807, 2.05) is 4.90 Å². The average molecular weight is 360 g/mol. The van der Waals surface area contributed by atoms with Crippen LogP contribution in [0.5, 0.6) is 5.75 Å². The van der Waals surface area contributed by atoms with Gasteiger partial charge in [-0.15, -0.1) is 0 Å². The van der Waals surface area contributed by atoms with E-state index in [1.165, 1.54) is 11.8 Å². The lowest BCUT2D eigenvalue weighted by Crippen LogP contribution is -2.41. The molecular formula is C18H20N2O4S. The topological polar surface area (TPSA) is 79.2 Å². The molecule has 6 nitrogen and oxygen atoms in total. The zero-order chi connectivity index (χ0) is 17.8. The van der Waals surface area contributed by atoms with E-state index in [9.17, 15) is 14.7 Å². The number of ether oxygens (including phenoxy) is 1. The summed E-state index contributed by atoms with van der Waals surface area (Å²) >= 11 is 1.32. The second-order valence-electron chi connectivity index (χ2n) is 5.94. The number of hydrogen-bond acceptors (Lipinski definition) is 6. The summed E-state index contributed by atoms with van der Waals surface area (Å²) in [6.45, 7) is 3.49. The fraction of sp³-hybridized carbons (Fsp3) is 0.389. The molecule has 1 aromatic rings. The van der Waals surface area contributed by atoms with Crippen LogP contribution in [0.4, 0.5) is 0 Å². The summed E-state index contributed by atoms with van der Waals surface area (Å²) in [4.78, 5) is 30.8. The van der Waals surface area contributed by atoms with E-state index in [1.54, 1.807) is 37.3 Å². The van der Waals surface area contributed by atoms with Crippen molar-refractivity contribution in [1.82, 2.24) is 4.90 Å². The quantitative estimate of drug-likeness (QED) is 0.659. The monoisotopic (exact) mass is 360 g/mol. The summed E-state index contributed by atoms with van der Waals surface area (Å²) in [5.41, 5.74) is 0.827. The number of thioether (sulfide) groups is 1. The second-order valence-corrected chi connectivity index (χ2v) is 6.95. The smallest absolute Gasteiger partial charge is 0.310 e. The third-order valence-corrected chi connectivity index (χ3v) is 5.16. The number of nitrogens with zero attached hydrogens (tertiary/aromatic N) is 2. The zero-order valence-electron chi connectivity index (χ0n) is 14.0. The van der Waals surface area contributed by atoms with Crippen LogP contribution in [0.25, 0.3) is 6.08 Å². The minimum Gasteiger partial charge on any atom is -0.508 e. The number of carbonyl (C=O) groups excluding carboxylic acids is 2. The number of likely N-dealkylation sites (tertiary alicyclic amines) is 1. The van der Waals surface area contributed by atoms with Gasteiger partial charge in [-0.05, 0) is 55.3 Å². The standard InChI is InChI=1S/C18H20N2O4S/c1-2-24-17(23)13-4-3-9-20(11-13)18-19-16(22)15(25-18)10-12-5-7-14(21)8-6-12/h5-8,10,13,21H,2-4,9,11H2,1H3/b15-10+/t13-/m0/s1. The maximum absolute atomic E-state index is 12.2. The van der Waals surface area contributed by atoms with Crippen molar-refractivity contribution < 1.29 is 19.4 Å². The first kappa shape index (κ1) is 17.5. The number of amidine groups is 1. The average Bonchev–Trinajstić information content (AvgIpc) is 2.98. The molecular weight excluding hydrogens is 340 g/mol. The molecule has 0 unspecified atom stereocenters. The van der Waals surface area contributed by atoms with Gasteiger partial charge in [0.1, 0.15) is 5.75 Å². The molecule has 0 saturated carbocycles. The Hall–Kier alpha value is -2.28. The number of esters is 1. The van der Waals surface area contributed by atoms with E-state index >= 15 is 0 Å². The van der Waals surface area contributed by atoms with Crippen molar-refractivity contribution in [1.29, 1.82) is 0 Å². The highest BCUT2D eigenvalue weighted by Crippen LogP contribution is 2.32. The predicted octanol–water partition coefficient (Wildman–Crippen LogP) is 2.64. The summed E-state index contributed by atoms with van der Waals surface area (Å²) in [6.07, 6.45) is 3.43. The first-order valence-electron chi connectivity index (χ1n) is 8.30. The van der Waals surface area contributed by atoms with E-state index in [2.05, 4.69) is 4.99 Å². The third-order valence-electron chi connectivity index (χ3n) is 4.11. The van der Waals surface area contributed by atoms with Gasteiger partial charge >= 0.3 is 5.97 Å². The molecule has 7 heteroatoms. The van der Waals surface area contributed by atoms with Crippen LogP contribution < -0.4 is 0 Å². The Labute approximate surface area is 150 Å². The number of phenolic OH excluding ortho intramolecular Hbond substituents is 1. The molecule has 0 aromatic heterocycles. The summed E-state index contributed by atoms with van der Waals surface area (Å²) in [5.74, 6) is -0.437. The Bertz CT molecular complexity index is 727. The van der Waals surface area contributed by atoms with Gasteiger partial charge in [0.2, 0.25) is 0 Å². The molecule has 0 spiro atoms. The van der Waals surface area contributed by atoms with Crippen LogP contribution in [-0.2, 0) is 14.3 Å². The highest BCUT2D eigenvalue weighted by molar-refractivity contribution is 8.18. The van der Waals surface area contributed by atoms with E-state index < -0.39 is 0 Å². The first-order chi connectivity index (χ1) is 12.1. The molecule has 1 aromatic carbocycles. The lowest BCUT2D eigenvalue weighted by Gasteiger charge is -2.32. The van der Waals surface area contributed by atoms with Crippen LogP contribution in [0, 0.1) is 5.92 Å². The van der Waals surface area contributed by atoms with Crippen LogP contribution in [0.2, 0.25) is 0 Å². The molecule has 2 heterocycles. The largest absolute Gasteiger partial charge is 0.508 e. The highest BCUT2D eigenvalue weighted by Gasteiger charge is 2.32. The number of piperidine rings is 1. The molecule has 1 atom stereocenters. The molecule has 0 aliphatic carbocycles. The molecule has 25 heavy (non-hydrogen) atoms. The number of benzene rings is 1. The van der Waals surface area contributed by atoms with Gasteiger partial charge < -0.3 is 14.7 Å². The lowest BCUT2D eigenvalue weighted by atomic mass is 9.99. The summed E-state index contributed by atoms with van der Waals surface area (Å²) in [5, 5.41) is 9.97. The zero-order valence-corrected chi connectivity index (χ0v) is 14.8. The Morgan fingerprint density at radius 3 is 2.92 bits per heavy atom. The first-order valence-corrected chi connectivity index (χ1v) is 9.11. The van der Waals surface area contributed by atoms with E-state index in [4.69, 9.17) is 4.74 Å². The van der Waals surface area contributed by atoms with Crippen LogP contribution in [0.15, 0.2) is 34.2 Å². The maximum Gasteiger partial charge on any atom is 0.310 e. The van der Waals surface area contributed by atoms with Crippen molar-refractivity contribution in [2.24, 2.45) is 10.9 Å². The van der Waals surface area contributed by atoms with Crippen LogP contribution >= 0.6 is 11.8 Å². The Kier molecular flexibility index (Phi) is 5.43. The van der Waals surface area contributed by atoms with Crippen LogP contribution in [-0.4, -0.2) is 46.7 Å². The summed E-state index contributed by atoms with van der Waals surface area (Å²) < 4.78 is 5.11. The minimum atomic E-state index is -0.272. The second kappa shape index (κ2) is 7.74. The van der Waals surface area contributed by atoms with Gasteiger partial charge in [-0.25, -0.2) is 0 Å². The van der Waals surface area contributed by atoms with Crippen molar-refractivity contribution in [3.63, 3.8) is 0 Å². The molecule has 2 aliphatic heterocycles. The van der Waals surface area contributed by atoms with Crippen molar-refractivity contribution in [2.45, 2.75) is 19.8 Å². The van der Waals surface area contributed by atoms with E-state index in [-0.39, 0.29) is 23.5 Å². The van der Waals surface area contributed by atoms with Gasteiger partial charge in [0.05, 0.1) is 17.4 Å². The number of aromatic hydroxyl groups is 1. The van der Waals surface area contributed by atoms with Gasteiger partial charge in [0, 0.05) is 13.1 Å². The molecule has 1 N–H and O–H groups in total. The number of hydrogen-bond donors (Lipinski definition) is 1. The minimum absolute atomic E-state index is 0.169. The molecule has 1 fully saturated rings. The van der Waals surface area contributed by atoms with Crippen molar-refractivity contribution in [3.8, 4) is 5.75 Å². The van der Waals surface area contributed by atoms with Gasteiger partial charge in [-0.1, -0.05) is 12.1 Å². The Morgan fingerprint density at radius 2 is 2.20 bits per heavy atom. The number of phenols is 1. The van der Waals surface area contributed by atoms with Crippen LogP contribution in [0.1, 0.15) is 25.3 Å². The number of amides is 1. The number of aliphatic imine (C=N–C) groups is 1. The molecule has 1 saturated heterocycles. The Balaban J connectivity index is 1.68. The highest BCUT2D eigenvalue weighted by atomic mass is 32.2. The fourth-order valence-corrected chi connectivity index (χ4v) is 3.81. The van der Waals surface area contributed by atoms with Gasteiger partial charge in [-0.3, -0.25) is 9.59 Å².